The molecule has 2 aromatic carbocycles. The molecule has 1 aliphatic rings. The Balaban J connectivity index is 1.81. The summed E-state index contributed by atoms with van der Waals surface area (Å²) in [7, 11) is 2.48. The van der Waals surface area contributed by atoms with Crippen LogP contribution >= 0.6 is 0 Å². The van der Waals surface area contributed by atoms with Crippen molar-refractivity contribution in [3.8, 4) is 5.75 Å². The summed E-state index contributed by atoms with van der Waals surface area (Å²) in [5.41, 5.74) is 1.55. The molecule has 1 N–H and O–H groups in total. The monoisotopic (exact) mass is 369 g/mol. The number of anilines is 1. The van der Waals surface area contributed by atoms with Gasteiger partial charge in [0.2, 0.25) is 5.91 Å². The van der Waals surface area contributed by atoms with E-state index in [2.05, 4.69) is 5.32 Å². The molecule has 2 aromatic rings. The van der Waals surface area contributed by atoms with Gasteiger partial charge in [0.1, 0.15) is 12.4 Å². The average molecular weight is 369 g/mol. The van der Waals surface area contributed by atoms with Crippen molar-refractivity contribution < 1.29 is 28.6 Å². The zero-order chi connectivity index (χ0) is 19.4. The van der Waals surface area contributed by atoms with E-state index >= 15 is 0 Å². The van der Waals surface area contributed by atoms with Crippen molar-refractivity contribution in [2.45, 2.75) is 6.42 Å². The van der Waals surface area contributed by atoms with Gasteiger partial charge in [-0.05, 0) is 36.2 Å². The van der Waals surface area contributed by atoms with Gasteiger partial charge in [-0.2, -0.15) is 0 Å². The Morgan fingerprint density at radius 3 is 2.26 bits per heavy atom. The summed E-state index contributed by atoms with van der Waals surface area (Å²) in [4.78, 5) is 36.3. The lowest BCUT2D eigenvalue weighted by molar-refractivity contribution is -0.121. The zero-order valence-corrected chi connectivity index (χ0v) is 15.0. The van der Waals surface area contributed by atoms with Crippen molar-refractivity contribution in [2.75, 3.05) is 26.1 Å². The fourth-order valence-corrected chi connectivity index (χ4v) is 2.91. The number of ether oxygens (including phenoxy) is 3. The summed E-state index contributed by atoms with van der Waals surface area (Å²) in [6, 6.07) is 11.8. The van der Waals surface area contributed by atoms with Crippen LogP contribution in [0.2, 0.25) is 0 Å². The smallest absolute Gasteiger partial charge is 0.337 e. The molecule has 0 aliphatic carbocycles. The number of nitrogens with one attached hydrogen (secondary N) is 1. The van der Waals surface area contributed by atoms with Gasteiger partial charge < -0.3 is 19.5 Å². The first-order valence-corrected chi connectivity index (χ1v) is 8.35. The van der Waals surface area contributed by atoms with Crippen LogP contribution < -0.4 is 10.1 Å². The minimum Gasteiger partial charge on any atom is -0.492 e. The second-order valence-corrected chi connectivity index (χ2v) is 6.09. The number of rotatable bonds is 4. The molecule has 0 saturated heterocycles. The van der Waals surface area contributed by atoms with E-state index in [9.17, 15) is 14.4 Å². The van der Waals surface area contributed by atoms with Crippen LogP contribution in [0.15, 0.2) is 42.5 Å². The lowest BCUT2D eigenvalue weighted by Gasteiger charge is -2.24. The van der Waals surface area contributed by atoms with Crippen LogP contribution in [0.4, 0.5) is 5.69 Å². The number of methoxy groups -OCH3 is 2. The molecule has 7 heteroatoms. The Kier molecular flexibility index (Phi) is 5.40. The molecule has 0 spiro atoms. The molecule has 0 radical (unpaired) electrons. The van der Waals surface area contributed by atoms with Gasteiger partial charge in [-0.15, -0.1) is 0 Å². The summed E-state index contributed by atoms with van der Waals surface area (Å²) >= 11 is 0. The van der Waals surface area contributed by atoms with Crippen LogP contribution in [0.25, 0.3) is 0 Å². The molecule has 3 rings (SSSR count). The number of benzene rings is 2. The maximum absolute atomic E-state index is 12.7. The number of carbonyl (C=O) groups is 3. The highest BCUT2D eigenvalue weighted by Gasteiger charge is 2.26. The Labute approximate surface area is 156 Å². The Morgan fingerprint density at radius 2 is 1.63 bits per heavy atom. The van der Waals surface area contributed by atoms with E-state index < -0.39 is 11.9 Å². The second kappa shape index (κ2) is 7.90. The standard InChI is InChI=1S/C20H19NO6/c1-25-19(23)13-8-14(20(24)26-2)10-16(9-13)21-18(22)15-7-12-5-3-4-6-17(12)27-11-15/h3-6,8-10,15H,7,11H2,1-2H3,(H,21,22)/t15-/m1/s1. The molecule has 0 saturated carbocycles. The van der Waals surface area contributed by atoms with Crippen molar-refractivity contribution in [3.63, 3.8) is 0 Å². The summed E-state index contributed by atoms with van der Waals surface area (Å²) in [6.07, 6.45) is 0.544. The molecule has 7 nitrogen and oxygen atoms in total. The normalized spacial score (nSPS) is 15.1. The number of carbonyl (C=O) groups excluding carboxylic acids is 3. The highest BCUT2D eigenvalue weighted by atomic mass is 16.5. The molecule has 0 bridgehead atoms. The summed E-state index contributed by atoms with van der Waals surface area (Å²) in [6.45, 7) is 0.253. The van der Waals surface area contributed by atoms with Gasteiger partial charge >= 0.3 is 11.9 Å². The van der Waals surface area contributed by atoms with Crippen molar-refractivity contribution >= 4 is 23.5 Å². The largest absolute Gasteiger partial charge is 0.492 e. The Bertz CT molecular complexity index is 858. The van der Waals surface area contributed by atoms with E-state index in [0.717, 1.165) is 11.3 Å². The Hall–Kier alpha value is -3.35. The molecule has 1 aliphatic heterocycles. The maximum Gasteiger partial charge on any atom is 0.337 e. The van der Waals surface area contributed by atoms with Crippen molar-refractivity contribution in [3.05, 3.63) is 59.2 Å². The molecule has 0 unspecified atom stereocenters. The van der Waals surface area contributed by atoms with Crippen molar-refractivity contribution in [2.24, 2.45) is 5.92 Å². The van der Waals surface area contributed by atoms with E-state index in [4.69, 9.17) is 14.2 Å². The molecule has 27 heavy (non-hydrogen) atoms. The molecule has 140 valence electrons. The SMILES string of the molecule is COC(=O)c1cc(NC(=O)[C@H]2COc3ccccc3C2)cc(C(=O)OC)c1. The maximum atomic E-state index is 12.7. The predicted molar refractivity (Wildman–Crippen MR) is 96.9 cm³/mol. The molecule has 1 heterocycles. The number of amides is 1. The first-order chi connectivity index (χ1) is 13.0. The highest BCUT2D eigenvalue weighted by molar-refractivity contribution is 6.00. The minimum absolute atomic E-state index is 0.140. The lowest BCUT2D eigenvalue weighted by atomic mass is 9.96. The number of hydrogen-bond acceptors (Lipinski definition) is 6. The van der Waals surface area contributed by atoms with Crippen molar-refractivity contribution in [1.82, 2.24) is 0 Å². The third-order valence-corrected chi connectivity index (χ3v) is 4.29. The van der Waals surface area contributed by atoms with Gasteiger partial charge in [0.05, 0.1) is 31.3 Å². The topological polar surface area (TPSA) is 90.9 Å². The fraction of sp³-hybridized carbons (Fsp3) is 0.250. The molecular formula is C20H19NO6. The summed E-state index contributed by atoms with van der Waals surface area (Å²) in [5, 5.41) is 2.75. The van der Waals surface area contributed by atoms with Crippen LogP contribution in [-0.2, 0) is 20.7 Å². The molecular weight excluding hydrogens is 350 g/mol. The van der Waals surface area contributed by atoms with Crippen LogP contribution in [0.3, 0.4) is 0 Å². The first kappa shape index (κ1) is 18.4. The molecule has 0 fully saturated rings. The predicted octanol–water partition coefficient (Wildman–Crippen LogP) is 2.45. The van der Waals surface area contributed by atoms with Gasteiger partial charge in [-0.25, -0.2) is 9.59 Å². The van der Waals surface area contributed by atoms with Crippen LogP contribution in [0.1, 0.15) is 26.3 Å². The number of hydrogen-bond donors (Lipinski definition) is 1. The van der Waals surface area contributed by atoms with Crippen LogP contribution in [0, 0.1) is 5.92 Å². The quantitative estimate of drug-likeness (QED) is 0.833. The van der Waals surface area contributed by atoms with Crippen molar-refractivity contribution in [1.29, 1.82) is 0 Å². The molecule has 1 atom stereocenters. The minimum atomic E-state index is -0.619. The van der Waals surface area contributed by atoms with Crippen LogP contribution in [0.5, 0.6) is 5.75 Å². The number of para-hydroxylation sites is 1. The third-order valence-electron chi connectivity index (χ3n) is 4.29. The van der Waals surface area contributed by atoms with E-state index in [0.29, 0.717) is 12.1 Å². The average Bonchev–Trinajstić information content (AvgIpc) is 2.71. The number of esters is 2. The highest BCUT2D eigenvalue weighted by Crippen LogP contribution is 2.27. The fourth-order valence-electron chi connectivity index (χ4n) is 2.91. The Morgan fingerprint density at radius 1 is 1.00 bits per heavy atom. The van der Waals surface area contributed by atoms with E-state index in [-0.39, 0.29) is 29.6 Å². The van der Waals surface area contributed by atoms with Gasteiger partial charge in [0.25, 0.3) is 0 Å². The summed E-state index contributed by atoms with van der Waals surface area (Å²) in [5.74, 6) is -1.11. The van der Waals surface area contributed by atoms with Gasteiger partial charge in [-0.3, -0.25) is 4.79 Å². The van der Waals surface area contributed by atoms with Gasteiger partial charge in [-0.1, -0.05) is 18.2 Å². The van der Waals surface area contributed by atoms with Gasteiger partial charge in [0.15, 0.2) is 0 Å². The second-order valence-electron chi connectivity index (χ2n) is 6.09. The summed E-state index contributed by atoms with van der Waals surface area (Å²) < 4.78 is 15.0. The molecule has 0 aromatic heterocycles. The van der Waals surface area contributed by atoms with Crippen LogP contribution in [-0.4, -0.2) is 38.7 Å². The van der Waals surface area contributed by atoms with Gasteiger partial charge in [0, 0.05) is 5.69 Å². The number of fused-ring (bicyclic) bond motifs is 1. The molecule has 1 amide bonds. The van der Waals surface area contributed by atoms with E-state index in [1.54, 1.807) is 0 Å². The van der Waals surface area contributed by atoms with E-state index in [1.807, 2.05) is 24.3 Å². The third kappa shape index (κ3) is 4.08. The van der Waals surface area contributed by atoms with E-state index in [1.165, 1.54) is 32.4 Å². The zero-order valence-electron chi connectivity index (χ0n) is 15.0. The lowest BCUT2D eigenvalue weighted by Crippen LogP contribution is -2.32. The first-order valence-electron chi connectivity index (χ1n) is 8.35.